The number of ether oxygens (including phenoxy) is 1. The Morgan fingerprint density at radius 3 is 2.61 bits per heavy atom. The van der Waals surface area contributed by atoms with Gasteiger partial charge in [0.05, 0.1) is 6.61 Å². The molecule has 4 aliphatic rings. The van der Waals surface area contributed by atoms with Crippen LogP contribution >= 0.6 is 0 Å². The SMILES string of the molecule is CCOC(=O)CCCC1CCC2C3C(=O)CC4CCCCC4(C)C3CC[C@]12C. The number of ketones is 1. The van der Waals surface area contributed by atoms with Crippen molar-refractivity contribution in [1.29, 1.82) is 0 Å². The standard InChI is InChI=1S/C25H40O3/c1-4-28-22(27)10-7-9-17-11-12-19-23-20(13-15-25(17,19)3)24(2)14-6-5-8-18(24)16-21(23)26/h17-20,23H,4-16H2,1-3H3/t17?,18?,19?,20?,23?,24?,25-/m1/s1. The molecule has 0 aromatic rings. The zero-order valence-corrected chi connectivity index (χ0v) is 18.3. The fraction of sp³-hybridized carbons (Fsp3) is 0.920. The van der Waals surface area contributed by atoms with Crippen LogP contribution in [-0.4, -0.2) is 18.4 Å². The van der Waals surface area contributed by atoms with Gasteiger partial charge in [0, 0.05) is 18.8 Å². The highest BCUT2D eigenvalue weighted by Crippen LogP contribution is 2.67. The van der Waals surface area contributed by atoms with E-state index in [2.05, 4.69) is 13.8 Å². The predicted molar refractivity (Wildman–Crippen MR) is 111 cm³/mol. The molecule has 158 valence electrons. The third-order valence-electron chi connectivity index (χ3n) is 9.82. The van der Waals surface area contributed by atoms with Crippen LogP contribution in [-0.2, 0) is 14.3 Å². The zero-order chi connectivity index (χ0) is 19.9. The van der Waals surface area contributed by atoms with Gasteiger partial charge in [-0.3, -0.25) is 9.59 Å². The van der Waals surface area contributed by atoms with Gasteiger partial charge in [-0.15, -0.1) is 0 Å². The summed E-state index contributed by atoms with van der Waals surface area (Å²) in [7, 11) is 0. The molecule has 0 aromatic carbocycles. The molecule has 0 amide bonds. The first-order valence-electron chi connectivity index (χ1n) is 12.1. The molecule has 4 aliphatic carbocycles. The summed E-state index contributed by atoms with van der Waals surface area (Å²) in [4.78, 5) is 25.0. The molecule has 3 nitrogen and oxygen atoms in total. The summed E-state index contributed by atoms with van der Waals surface area (Å²) in [5.74, 6) is 3.44. The Morgan fingerprint density at radius 2 is 1.82 bits per heavy atom. The Balaban J connectivity index is 1.46. The van der Waals surface area contributed by atoms with Gasteiger partial charge in [-0.25, -0.2) is 0 Å². The smallest absolute Gasteiger partial charge is 0.305 e. The fourth-order valence-electron chi connectivity index (χ4n) is 8.27. The molecule has 3 heteroatoms. The van der Waals surface area contributed by atoms with Crippen LogP contribution in [0.25, 0.3) is 0 Å². The van der Waals surface area contributed by atoms with Crippen molar-refractivity contribution in [2.24, 2.45) is 40.4 Å². The third-order valence-corrected chi connectivity index (χ3v) is 9.82. The van der Waals surface area contributed by atoms with E-state index in [0.29, 0.717) is 59.2 Å². The van der Waals surface area contributed by atoms with E-state index in [9.17, 15) is 9.59 Å². The van der Waals surface area contributed by atoms with Gasteiger partial charge in [0.25, 0.3) is 0 Å². The second-order valence-electron chi connectivity index (χ2n) is 10.9. The van der Waals surface area contributed by atoms with Crippen molar-refractivity contribution in [3.05, 3.63) is 0 Å². The van der Waals surface area contributed by atoms with Crippen LogP contribution in [0.2, 0.25) is 0 Å². The van der Waals surface area contributed by atoms with Crippen LogP contribution in [0.3, 0.4) is 0 Å². The number of rotatable bonds is 5. The summed E-state index contributed by atoms with van der Waals surface area (Å²) < 4.78 is 5.10. The van der Waals surface area contributed by atoms with Crippen molar-refractivity contribution in [2.75, 3.05) is 6.61 Å². The molecule has 0 bridgehead atoms. The molecule has 4 rings (SSSR count). The number of hydrogen-bond donors (Lipinski definition) is 0. The Morgan fingerprint density at radius 1 is 1.04 bits per heavy atom. The molecule has 4 fully saturated rings. The Hall–Kier alpha value is -0.860. The van der Waals surface area contributed by atoms with Crippen molar-refractivity contribution in [1.82, 2.24) is 0 Å². The number of carbonyl (C=O) groups is 2. The average molecular weight is 389 g/mol. The van der Waals surface area contributed by atoms with Crippen LogP contribution in [0.15, 0.2) is 0 Å². The van der Waals surface area contributed by atoms with E-state index in [1.54, 1.807) is 0 Å². The van der Waals surface area contributed by atoms with E-state index in [0.717, 1.165) is 19.3 Å². The lowest BCUT2D eigenvalue weighted by Gasteiger charge is -2.59. The third kappa shape index (κ3) is 3.25. The van der Waals surface area contributed by atoms with Crippen molar-refractivity contribution in [2.45, 2.75) is 97.8 Å². The van der Waals surface area contributed by atoms with Gasteiger partial charge in [-0.2, -0.15) is 0 Å². The van der Waals surface area contributed by atoms with E-state index < -0.39 is 0 Å². The van der Waals surface area contributed by atoms with Gasteiger partial charge in [-0.05, 0) is 92.8 Å². The molecule has 6 unspecified atom stereocenters. The number of Topliss-reactive ketones (excluding diaryl/α,β-unsaturated/α-hetero) is 1. The van der Waals surface area contributed by atoms with Gasteiger partial charge >= 0.3 is 5.97 Å². The van der Waals surface area contributed by atoms with Gasteiger partial charge in [-0.1, -0.05) is 26.7 Å². The van der Waals surface area contributed by atoms with Gasteiger partial charge in [0.15, 0.2) is 0 Å². The van der Waals surface area contributed by atoms with Gasteiger partial charge in [0.2, 0.25) is 0 Å². The zero-order valence-electron chi connectivity index (χ0n) is 18.3. The van der Waals surface area contributed by atoms with E-state index in [1.807, 2.05) is 6.92 Å². The Labute approximate surface area is 171 Å². The van der Waals surface area contributed by atoms with Crippen LogP contribution in [0, 0.1) is 40.4 Å². The van der Waals surface area contributed by atoms with Crippen LogP contribution in [0.5, 0.6) is 0 Å². The molecule has 0 aliphatic heterocycles. The molecule has 4 saturated carbocycles. The lowest BCUT2D eigenvalue weighted by atomic mass is 9.44. The molecule has 0 N–H and O–H groups in total. The molecular weight excluding hydrogens is 348 g/mol. The summed E-state index contributed by atoms with van der Waals surface area (Å²) in [5, 5.41) is 0. The normalized spacial score (nSPS) is 45.1. The maximum absolute atomic E-state index is 13.3. The predicted octanol–water partition coefficient (Wildman–Crippen LogP) is 5.95. The summed E-state index contributed by atoms with van der Waals surface area (Å²) in [5.41, 5.74) is 0.726. The minimum Gasteiger partial charge on any atom is -0.466 e. The first-order chi connectivity index (χ1) is 13.4. The lowest BCUT2D eigenvalue weighted by molar-refractivity contribution is -0.155. The second-order valence-corrected chi connectivity index (χ2v) is 10.9. The monoisotopic (exact) mass is 388 g/mol. The molecule has 7 atom stereocenters. The molecule has 0 spiro atoms. The van der Waals surface area contributed by atoms with Gasteiger partial charge < -0.3 is 4.74 Å². The van der Waals surface area contributed by atoms with Crippen LogP contribution in [0.1, 0.15) is 97.8 Å². The van der Waals surface area contributed by atoms with E-state index in [4.69, 9.17) is 4.74 Å². The topological polar surface area (TPSA) is 43.4 Å². The van der Waals surface area contributed by atoms with Crippen molar-refractivity contribution in [3.63, 3.8) is 0 Å². The average Bonchev–Trinajstić information content (AvgIpc) is 2.99. The highest BCUT2D eigenvalue weighted by molar-refractivity contribution is 5.83. The number of hydrogen-bond acceptors (Lipinski definition) is 3. The summed E-state index contributed by atoms with van der Waals surface area (Å²) in [6, 6.07) is 0. The largest absolute Gasteiger partial charge is 0.466 e. The minimum absolute atomic E-state index is 0.0513. The van der Waals surface area contributed by atoms with Crippen LogP contribution < -0.4 is 0 Å². The van der Waals surface area contributed by atoms with Gasteiger partial charge in [0.1, 0.15) is 5.78 Å². The maximum atomic E-state index is 13.3. The number of esters is 1. The summed E-state index contributed by atoms with van der Waals surface area (Å²) >= 11 is 0. The summed E-state index contributed by atoms with van der Waals surface area (Å²) in [6.45, 7) is 7.37. The minimum atomic E-state index is -0.0513. The van der Waals surface area contributed by atoms with E-state index in [1.165, 1.54) is 51.4 Å². The molecule has 0 saturated heterocycles. The van der Waals surface area contributed by atoms with Crippen molar-refractivity contribution in [3.8, 4) is 0 Å². The quantitative estimate of drug-likeness (QED) is 0.547. The molecule has 28 heavy (non-hydrogen) atoms. The van der Waals surface area contributed by atoms with Crippen molar-refractivity contribution >= 4 is 11.8 Å². The highest BCUT2D eigenvalue weighted by atomic mass is 16.5. The lowest BCUT2D eigenvalue weighted by Crippen LogP contribution is -2.56. The molecule has 0 radical (unpaired) electrons. The Kier molecular flexibility index (Phi) is 5.66. The van der Waals surface area contributed by atoms with E-state index in [-0.39, 0.29) is 5.97 Å². The molecule has 0 heterocycles. The van der Waals surface area contributed by atoms with Crippen molar-refractivity contribution < 1.29 is 14.3 Å². The molecule has 0 aromatic heterocycles. The fourth-order valence-corrected chi connectivity index (χ4v) is 8.27. The maximum Gasteiger partial charge on any atom is 0.305 e. The van der Waals surface area contributed by atoms with E-state index >= 15 is 0 Å². The first kappa shape index (κ1) is 20.4. The first-order valence-corrected chi connectivity index (χ1v) is 12.1. The Bertz CT molecular complexity index is 613. The molecular formula is C25H40O3. The number of fused-ring (bicyclic) bond motifs is 5. The summed E-state index contributed by atoms with van der Waals surface area (Å²) in [6.07, 6.45) is 13.8. The second kappa shape index (κ2) is 7.76. The number of carbonyl (C=O) groups excluding carboxylic acids is 2. The highest BCUT2D eigenvalue weighted by Gasteiger charge is 2.61. The van der Waals surface area contributed by atoms with Crippen LogP contribution in [0.4, 0.5) is 0 Å².